The number of carboxylic acid groups (broad SMARTS) is 7. The summed E-state index contributed by atoms with van der Waals surface area (Å²) in [5.74, 6) is -13.9. The number of carbonyl (C=O) groups excluding carboxylic acids is 6. The van der Waals surface area contributed by atoms with Crippen LogP contribution in [0.3, 0.4) is 0 Å². The first kappa shape index (κ1) is 83.6. The summed E-state index contributed by atoms with van der Waals surface area (Å²) in [6.07, 6.45) is 1.69. The normalized spacial score (nSPS) is 17.8. The smallest absolute Gasteiger partial charge is 0.320 e. The van der Waals surface area contributed by atoms with Crippen LogP contribution in [0.1, 0.15) is 120 Å². The van der Waals surface area contributed by atoms with Crippen LogP contribution < -0.4 is 37.2 Å². The topological polar surface area (TPSA) is 461 Å². The van der Waals surface area contributed by atoms with Gasteiger partial charge in [0.05, 0.1) is 32.1 Å². The van der Waals surface area contributed by atoms with E-state index in [1.807, 2.05) is 66.7 Å². The van der Waals surface area contributed by atoms with Crippen LogP contribution in [0.5, 0.6) is 0 Å². The van der Waals surface area contributed by atoms with Gasteiger partial charge in [0.15, 0.2) is 0 Å². The predicted molar refractivity (Wildman–Crippen MR) is 373 cm³/mol. The second-order valence-corrected chi connectivity index (χ2v) is 27.0. The highest BCUT2D eigenvalue weighted by Crippen LogP contribution is 2.29. The van der Waals surface area contributed by atoms with Crippen molar-refractivity contribution >= 4 is 87.9 Å². The zero-order valence-electron chi connectivity index (χ0n) is 58.5. The molecule has 3 aromatic rings. The van der Waals surface area contributed by atoms with E-state index in [1.54, 1.807) is 26.5 Å². The third kappa shape index (κ3) is 31.5. The number of hydrogen-bond donors (Lipinski definition) is 14. The highest BCUT2D eigenvalue weighted by molar-refractivity contribution is 5.92. The summed E-state index contributed by atoms with van der Waals surface area (Å²) < 4.78 is 0. The summed E-state index contributed by atoms with van der Waals surface area (Å²) in [5.41, 5.74) is 2.57. The minimum atomic E-state index is -1.38. The molecular formula is C71H103N11O20. The SMILES string of the molecule is CC(C)Cc1ccc(C(C)C(=O)CC(CC(=O)NCCC(NC(=O)CN2CCN(CC(=O)O)CCN(CC(=O)O)CCN(CC(=O)O)CC2)C(=O)NCC2CCC(C(=O)NC(Cc3ccc4ccccc4c3)C(=O)NCCCCC(NCNC(CCC(=O)O)C(=O)O)C(=O)O)CC2)C(=O)O)cc1. The number of carboxylic acids is 7. The number of unbranched alkanes of at least 4 members (excludes halogenated alkanes) is 1. The molecular weight excluding hydrogens is 1330 g/mol. The molecule has 6 atom stereocenters. The number of amides is 5. The fourth-order valence-electron chi connectivity index (χ4n) is 12.5. The summed E-state index contributed by atoms with van der Waals surface area (Å²) in [6, 6.07) is 16.3. The number of aliphatic carboxylic acids is 7. The van der Waals surface area contributed by atoms with Gasteiger partial charge in [-0.3, -0.25) is 92.6 Å². The van der Waals surface area contributed by atoms with Crippen LogP contribution in [0.2, 0.25) is 0 Å². The van der Waals surface area contributed by atoms with E-state index in [2.05, 4.69) is 51.1 Å². The second-order valence-electron chi connectivity index (χ2n) is 27.0. The van der Waals surface area contributed by atoms with E-state index in [0.717, 1.165) is 28.3 Å². The van der Waals surface area contributed by atoms with Gasteiger partial charge in [-0.2, -0.15) is 0 Å². The summed E-state index contributed by atoms with van der Waals surface area (Å²) in [4.78, 5) is 173. The van der Waals surface area contributed by atoms with Crippen LogP contribution in [0, 0.1) is 23.7 Å². The van der Waals surface area contributed by atoms with Crippen LogP contribution in [-0.2, 0) is 75.2 Å². The summed E-state index contributed by atoms with van der Waals surface area (Å²) in [5, 5.41) is 88.9. The number of Topliss-reactive ketones (excluding diaryl/α,β-unsaturated/α-hetero) is 1. The molecule has 5 rings (SSSR count). The van der Waals surface area contributed by atoms with Crippen LogP contribution >= 0.6 is 0 Å². The molecule has 102 heavy (non-hydrogen) atoms. The van der Waals surface area contributed by atoms with E-state index >= 15 is 0 Å². The van der Waals surface area contributed by atoms with E-state index in [-0.39, 0.29) is 135 Å². The first-order chi connectivity index (χ1) is 48.5. The summed E-state index contributed by atoms with van der Waals surface area (Å²) >= 11 is 0. The zero-order valence-corrected chi connectivity index (χ0v) is 58.5. The minimum Gasteiger partial charge on any atom is -0.481 e. The van der Waals surface area contributed by atoms with E-state index in [1.165, 1.54) is 0 Å². The lowest BCUT2D eigenvalue weighted by atomic mass is 9.81. The average Bonchev–Trinajstić information content (AvgIpc) is 1.51. The number of carbonyl (C=O) groups is 13. The van der Waals surface area contributed by atoms with Crippen LogP contribution in [0.4, 0.5) is 0 Å². The Morgan fingerprint density at radius 2 is 1.00 bits per heavy atom. The van der Waals surface area contributed by atoms with Gasteiger partial charge in [0.2, 0.25) is 29.5 Å². The maximum absolute atomic E-state index is 14.3. The lowest BCUT2D eigenvalue weighted by Crippen LogP contribution is -2.53. The van der Waals surface area contributed by atoms with Crippen molar-refractivity contribution in [1.29, 1.82) is 0 Å². The van der Waals surface area contributed by atoms with Gasteiger partial charge in [-0.15, -0.1) is 0 Å². The van der Waals surface area contributed by atoms with E-state index in [4.69, 9.17) is 5.11 Å². The Morgan fingerprint density at radius 1 is 0.471 bits per heavy atom. The van der Waals surface area contributed by atoms with Gasteiger partial charge in [0.25, 0.3) is 0 Å². The number of hydrogen-bond acceptors (Lipinski definition) is 19. The first-order valence-corrected chi connectivity index (χ1v) is 34.9. The number of ketones is 1. The molecule has 6 unspecified atom stereocenters. The lowest BCUT2D eigenvalue weighted by Gasteiger charge is -2.33. The lowest BCUT2D eigenvalue weighted by molar-refractivity contribution is -0.146. The van der Waals surface area contributed by atoms with Crippen molar-refractivity contribution in [3.63, 3.8) is 0 Å². The van der Waals surface area contributed by atoms with Crippen LogP contribution in [0.25, 0.3) is 10.8 Å². The molecule has 1 saturated heterocycles. The van der Waals surface area contributed by atoms with Crippen LogP contribution in [0.15, 0.2) is 66.7 Å². The van der Waals surface area contributed by atoms with Crippen molar-refractivity contribution in [1.82, 2.24) is 56.8 Å². The number of rotatable bonds is 43. The van der Waals surface area contributed by atoms with Crippen LogP contribution in [-0.4, -0.2) is 261 Å². The molecule has 2 fully saturated rings. The molecule has 31 heteroatoms. The number of nitrogens with zero attached hydrogens (tertiary/aromatic N) is 4. The Bertz CT molecular complexity index is 3280. The Labute approximate surface area is 593 Å². The Hall–Kier alpha value is -9.01. The molecule has 0 spiro atoms. The van der Waals surface area contributed by atoms with Crippen molar-refractivity contribution in [3.05, 3.63) is 83.4 Å². The predicted octanol–water partition coefficient (Wildman–Crippen LogP) is 1.50. The van der Waals surface area contributed by atoms with E-state index < -0.39 is 140 Å². The molecule has 31 nitrogen and oxygen atoms in total. The molecule has 0 radical (unpaired) electrons. The number of nitrogens with one attached hydrogen (secondary N) is 7. The molecule has 14 N–H and O–H groups in total. The molecule has 1 aliphatic heterocycles. The van der Waals surface area contributed by atoms with Crippen molar-refractivity contribution < 1.29 is 98.1 Å². The van der Waals surface area contributed by atoms with Crippen molar-refractivity contribution in [2.45, 2.75) is 141 Å². The fraction of sp³-hybridized carbons (Fsp3) is 0.592. The van der Waals surface area contributed by atoms with Gasteiger partial charge >= 0.3 is 41.8 Å². The largest absolute Gasteiger partial charge is 0.481 e. The Kier molecular flexibility index (Phi) is 35.9. The molecule has 562 valence electrons. The fourth-order valence-corrected chi connectivity index (χ4v) is 12.5. The maximum atomic E-state index is 14.3. The van der Waals surface area contributed by atoms with Crippen molar-refractivity contribution in [2.24, 2.45) is 23.7 Å². The van der Waals surface area contributed by atoms with E-state index in [9.17, 15) is 93.0 Å². The van der Waals surface area contributed by atoms with Crippen molar-refractivity contribution in [3.8, 4) is 0 Å². The van der Waals surface area contributed by atoms with Gasteiger partial charge in [0, 0.05) is 116 Å². The maximum Gasteiger partial charge on any atom is 0.320 e. The highest BCUT2D eigenvalue weighted by atomic mass is 16.4. The minimum absolute atomic E-state index is 0.100. The van der Waals surface area contributed by atoms with Crippen molar-refractivity contribution in [2.75, 3.05) is 105 Å². The van der Waals surface area contributed by atoms with Gasteiger partial charge in [0.1, 0.15) is 30.0 Å². The Morgan fingerprint density at radius 3 is 1.53 bits per heavy atom. The quantitative estimate of drug-likeness (QED) is 0.0282. The van der Waals surface area contributed by atoms with Gasteiger partial charge in [-0.05, 0) is 104 Å². The molecule has 1 saturated carbocycles. The number of fused-ring (bicyclic) bond motifs is 1. The van der Waals surface area contributed by atoms with Gasteiger partial charge in [-0.1, -0.05) is 87.5 Å². The third-order valence-electron chi connectivity index (χ3n) is 18.4. The third-order valence-corrected chi connectivity index (χ3v) is 18.4. The summed E-state index contributed by atoms with van der Waals surface area (Å²) in [7, 11) is 0. The molecule has 1 aliphatic carbocycles. The second kappa shape index (κ2) is 43.7. The van der Waals surface area contributed by atoms with Gasteiger partial charge < -0.3 is 62.3 Å². The molecule has 3 aromatic carbocycles. The first-order valence-electron chi connectivity index (χ1n) is 34.9. The monoisotopic (exact) mass is 1430 g/mol. The Balaban J connectivity index is 1.24. The summed E-state index contributed by atoms with van der Waals surface area (Å²) in [6.45, 7) is 5.14. The molecule has 0 aromatic heterocycles. The highest BCUT2D eigenvalue weighted by Gasteiger charge is 2.33. The number of benzene rings is 3. The standard InChI is InChI=1S/C71H103N11O20/c1-45(2)34-47-11-16-50(17-12-47)46(3)59(83)37-54(69(97)98)38-60(84)72-25-23-55(77-61(85)40-79-26-28-80(41-63(88)89)30-32-82(43-65(92)93)33-31-81(29-27-79)42-64(90)91)67(95)74-39-48-13-19-52(20-14-48)66(94)78-58(36-49-15-18-51-8-4-5-9-53(51)35-49)68(96)73-24-7-6-10-56(70(99)100)75-44-76-57(71(101)102)21-22-62(86)87/h4-5,8-9,11-12,15-18,35,45-46,48,52,54-58,75-76H,6-7,10,13-14,19-34,36-44H2,1-3H3,(H,72,84)(H,73,96)(H,74,95)(H,77,85)(H,78,94)(H,86,87)(H,88,89)(H,90,91)(H,92,93)(H,97,98)(H,99,100)(H,101,102). The molecule has 0 bridgehead atoms. The molecule has 2 aliphatic rings. The molecule has 5 amide bonds. The average molecular weight is 1430 g/mol. The van der Waals surface area contributed by atoms with E-state index in [0.29, 0.717) is 50.0 Å². The van der Waals surface area contributed by atoms with Gasteiger partial charge in [-0.25, -0.2) is 0 Å². The zero-order chi connectivity index (χ0) is 74.8. The molecule has 1 heterocycles.